The molecule has 1 N–H and O–H groups in total. The molecular weight excluding hydrogens is 170 g/mol. The lowest BCUT2D eigenvalue weighted by Crippen LogP contribution is -2.28. The van der Waals surface area contributed by atoms with Crippen LogP contribution in [0.2, 0.25) is 32.7 Å². The normalized spacial score (nSPS) is 16.3. The SMILES string of the molecule is C[SiH](C)C(O)C=N[Si](C)(C)C. The maximum atomic E-state index is 9.42. The zero-order valence-electron chi connectivity index (χ0n) is 8.13. The summed E-state index contributed by atoms with van der Waals surface area (Å²) < 4.78 is 4.38. The van der Waals surface area contributed by atoms with Crippen molar-refractivity contribution in [3.8, 4) is 0 Å². The summed E-state index contributed by atoms with van der Waals surface area (Å²) in [5, 5.41) is 9.42. The van der Waals surface area contributed by atoms with Crippen LogP contribution in [0.1, 0.15) is 0 Å². The summed E-state index contributed by atoms with van der Waals surface area (Å²) in [6.45, 7) is 10.7. The largest absolute Gasteiger partial charge is 0.391 e. The molecule has 0 radical (unpaired) electrons. The maximum Gasteiger partial charge on any atom is 0.171 e. The van der Waals surface area contributed by atoms with Crippen molar-refractivity contribution in [3.05, 3.63) is 0 Å². The lowest BCUT2D eigenvalue weighted by atomic mass is 10.8. The monoisotopic (exact) mass is 189 g/mol. The molecule has 0 heterocycles. The summed E-state index contributed by atoms with van der Waals surface area (Å²) in [5.41, 5.74) is -0.235. The molecule has 1 atom stereocenters. The van der Waals surface area contributed by atoms with Crippen LogP contribution in [0, 0.1) is 0 Å². The summed E-state index contributed by atoms with van der Waals surface area (Å²) in [4.78, 5) is 0. The van der Waals surface area contributed by atoms with Gasteiger partial charge in [0, 0.05) is 6.21 Å². The molecule has 0 bridgehead atoms. The van der Waals surface area contributed by atoms with Crippen LogP contribution in [0.15, 0.2) is 4.66 Å². The van der Waals surface area contributed by atoms with E-state index in [2.05, 4.69) is 37.4 Å². The van der Waals surface area contributed by atoms with Gasteiger partial charge >= 0.3 is 0 Å². The van der Waals surface area contributed by atoms with Gasteiger partial charge in [-0.15, -0.1) is 0 Å². The van der Waals surface area contributed by atoms with E-state index in [0.717, 1.165) is 0 Å². The van der Waals surface area contributed by atoms with Gasteiger partial charge in [0.1, 0.15) is 0 Å². The molecule has 1 unspecified atom stereocenters. The van der Waals surface area contributed by atoms with E-state index in [1.54, 1.807) is 6.21 Å². The predicted octanol–water partition coefficient (Wildman–Crippen LogP) is 1.28. The van der Waals surface area contributed by atoms with Gasteiger partial charge in [-0.05, 0) is 19.6 Å². The highest BCUT2D eigenvalue weighted by Gasteiger charge is 2.12. The van der Waals surface area contributed by atoms with E-state index in [0.29, 0.717) is 0 Å². The highest BCUT2D eigenvalue weighted by molar-refractivity contribution is 6.75. The Balaban J connectivity index is 3.93. The van der Waals surface area contributed by atoms with E-state index in [4.69, 9.17) is 0 Å². The summed E-state index contributed by atoms with van der Waals surface area (Å²) in [6, 6.07) is 0. The fourth-order valence-electron chi connectivity index (χ4n) is 0.472. The number of rotatable bonds is 3. The van der Waals surface area contributed by atoms with Crippen LogP contribution in [-0.4, -0.2) is 34.1 Å². The van der Waals surface area contributed by atoms with Crippen LogP contribution in [0.3, 0.4) is 0 Å². The van der Waals surface area contributed by atoms with Gasteiger partial charge in [-0.1, -0.05) is 13.1 Å². The molecule has 0 aromatic carbocycles. The lowest BCUT2D eigenvalue weighted by Gasteiger charge is -2.11. The summed E-state index contributed by atoms with van der Waals surface area (Å²) >= 11 is 0. The highest BCUT2D eigenvalue weighted by atomic mass is 28.3. The van der Waals surface area contributed by atoms with Crippen molar-refractivity contribution in [2.45, 2.75) is 38.5 Å². The zero-order valence-corrected chi connectivity index (χ0v) is 10.3. The molecule has 11 heavy (non-hydrogen) atoms. The molecule has 0 rings (SSSR count). The smallest absolute Gasteiger partial charge is 0.171 e. The molecule has 0 aromatic rings. The average Bonchev–Trinajstić information content (AvgIpc) is 1.80. The number of aliphatic hydroxyl groups excluding tert-OH is 1. The molecule has 2 nitrogen and oxygen atoms in total. The van der Waals surface area contributed by atoms with E-state index in [9.17, 15) is 5.11 Å². The summed E-state index contributed by atoms with van der Waals surface area (Å²) in [6.07, 6.45) is 1.75. The third-order valence-corrected chi connectivity index (χ3v) is 3.76. The first-order chi connectivity index (χ1) is 4.83. The van der Waals surface area contributed by atoms with Gasteiger partial charge in [0.25, 0.3) is 0 Å². The number of hydrogen-bond donors (Lipinski definition) is 1. The first kappa shape index (κ1) is 11.1. The molecule has 0 aromatic heterocycles. The fourth-order valence-corrected chi connectivity index (χ4v) is 1.67. The topological polar surface area (TPSA) is 32.6 Å². The van der Waals surface area contributed by atoms with Crippen molar-refractivity contribution in [1.82, 2.24) is 0 Å². The maximum absolute atomic E-state index is 9.42. The lowest BCUT2D eigenvalue weighted by molar-refractivity contribution is 0.317. The first-order valence-corrected chi connectivity index (χ1v) is 10.5. The van der Waals surface area contributed by atoms with Crippen LogP contribution < -0.4 is 0 Å². The highest BCUT2D eigenvalue weighted by Crippen LogP contribution is 2.01. The van der Waals surface area contributed by atoms with Gasteiger partial charge in [0.2, 0.25) is 0 Å². The number of hydrogen-bond acceptors (Lipinski definition) is 2. The van der Waals surface area contributed by atoms with Crippen molar-refractivity contribution >= 4 is 23.2 Å². The average molecular weight is 189 g/mol. The Labute approximate surface area is 72.1 Å². The van der Waals surface area contributed by atoms with Crippen molar-refractivity contribution in [1.29, 1.82) is 0 Å². The van der Waals surface area contributed by atoms with Gasteiger partial charge in [-0.3, -0.25) is 0 Å². The van der Waals surface area contributed by atoms with Crippen LogP contribution >= 0.6 is 0 Å². The van der Waals surface area contributed by atoms with Crippen molar-refractivity contribution in [3.63, 3.8) is 0 Å². The molecule has 4 heteroatoms. The van der Waals surface area contributed by atoms with Gasteiger partial charge in [0.05, 0.1) is 14.5 Å². The molecule has 0 fully saturated rings. The Morgan fingerprint density at radius 1 is 1.36 bits per heavy atom. The van der Waals surface area contributed by atoms with Crippen molar-refractivity contribution in [2.75, 3.05) is 0 Å². The second-order valence-electron chi connectivity index (χ2n) is 4.18. The third-order valence-electron chi connectivity index (χ3n) is 1.30. The van der Waals surface area contributed by atoms with Crippen molar-refractivity contribution in [2.24, 2.45) is 4.66 Å². The molecule has 0 saturated carbocycles. The van der Waals surface area contributed by atoms with Crippen LogP contribution in [0.5, 0.6) is 0 Å². The molecule has 0 spiro atoms. The Bertz CT molecular complexity index is 140. The third kappa shape index (κ3) is 6.46. The Kier molecular flexibility index (Phi) is 4.20. The van der Waals surface area contributed by atoms with E-state index in [1.165, 1.54) is 0 Å². The standard InChI is InChI=1S/C7H19NOSi2/c1-10(2)7(9)6-8-11(3,4)5/h6-7,9-10H,1-5H3. The van der Waals surface area contributed by atoms with Crippen LogP contribution in [0.25, 0.3) is 0 Å². The Morgan fingerprint density at radius 2 is 1.82 bits per heavy atom. The van der Waals surface area contributed by atoms with E-state index < -0.39 is 17.0 Å². The molecule has 0 aliphatic carbocycles. The number of aliphatic hydroxyl groups is 1. The Morgan fingerprint density at radius 3 is 2.09 bits per heavy atom. The van der Waals surface area contributed by atoms with Gasteiger partial charge in [-0.25, -0.2) is 0 Å². The van der Waals surface area contributed by atoms with Crippen LogP contribution in [0.4, 0.5) is 0 Å². The fraction of sp³-hybridized carbons (Fsp3) is 0.857. The molecule has 0 amide bonds. The van der Waals surface area contributed by atoms with Gasteiger partial charge < -0.3 is 9.76 Å². The Hall–Kier alpha value is 0.0638. The summed E-state index contributed by atoms with van der Waals surface area (Å²) in [5.74, 6) is 0. The predicted molar refractivity (Wildman–Crippen MR) is 56.7 cm³/mol. The van der Waals surface area contributed by atoms with E-state index in [-0.39, 0.29) is 5.73 Å². The van der Waals surface area contributed by atoms with E-state index in [1.807, 2.05) is 0 Å². The van der Waals surface area contributed by atoms with Crippen molar-refractivity contribution < 1.29 is 5.11 Å². The zero-order chi connectivity index (χ0) is 9.07. The minimum absolute atomic E-state index is 0.235. The molecule has 0 aliphatic heterocycles. The second kappa shape index (κ2) is 4.18. The molecular formula is C7H19NOSi2. The quantitative estimate of drug-likeness (QED) is 0.526. The number of nitrogens with zero attached hydrogens (tertiary/aromatic N) is 1. The van der Waals surface area contributed by atoms with Gasteiger partial charge in [-0.2, -0.15) is 0 Å². The molecule has 0 saturated heterocycles. The minimum Gasteiger partial charge on any atom is -0.391 e. The molecule has 0 aliphatic rings. The van der Waals surface area contributed by atoms with E-state index >= 15 is 0 Å². The minimum atomic E-state index is -1.33. The van der Waals surface area contributed by atoms with Gasteiger partial charge in [0.15, 0.2) is 8.24 Å². The van der Waals surface area contributed by atoms with Crippen LogP contribution in [-0.2, 0) is 0 Å². The second-order valence-corrected chi connectivity index (χ2v) is 12.0. The first-order valence-electron chi connectivity index (χ1n) is 4.06. The molecule has 66 valence electrons. The summed E-state index contributed by atoms with van der Waals surface area (Å²) in [7, 11) is -2.26.